The molecule has 3 rings (SSSR count). The predicted molar refractivity (Wildman–Crippen MR) is 93.2 cm³/mol. The molecule has 1 fully saturated rings. The lowest BCUT2D eigenvalue weighted by Gasteiger charge is -2.31. The number of aromatic nitrogens is 4. The average molecular weight is 329 g/mol. The van der Waals surface area contributed by atoms with Crippen molar-refractivity contribution in [2.45, 2.75) is 25.5 Å². The summed E-state index contributed by atoms with van der Waals surface area (Å²) >= 11 is 0. The molecule has 8 nitrogen and oxygen atoms in total. The number of rotatable bonds is 5. The Hall–Kier alpha value is -2.48. The molecule has 128 valence electrons. The monoisotopic (exact) mass is 329 g/mol. The van der Waals surface area contributed by atoms with E-state index in [0.717, 1.165) is 30.8 Å². The normalized spacial score (nSPS) is 17.6. The molecule has 2 N–H and O–H groups in total. The minimum absolute atomic E-state index is 0.280. The van der Waals surface area contributed by atoms with Crippen molar-refractivity contribution in [1.29, 1.82) is 0 Å². The third-order valence-corrected chi connectivity index (χ3v) is 4.04. The molecule has 0 spiro atoms. The van der Waals surface area contributed by atoms with Crippen LogP contribution in [0.3, 0.4) is 0 Å². The highest BCUT2D eigenvalue weighted by Gasteiger charge is 2.19. The molecule has 0 aliphatic carbocycles. The Morgan fingerprint density at radius 2 is 2.12 bits per heavy atom. The molecule has 3 heterocycles. The number of anilines is 3. The topological polar surface area (TPSA) is 90.3 Å². The Labute approximate surface area is 141 Å². The molecule has 24 heavy (non-hydrogen) atoms. The van der Waals surface area contributed by atoms with Gasteiger partial charge < -0.3 is 20.2 Å². The fraction of sp³-hybridized carbons (Fsp3) is 0.500. The quantitative estimate of drug-likeness (QED) is 0.836. The van der Waals surface area contributed by atoms with Crippen molar-refractivity contribution in [2.75, 3.05) is 42.3 Å². The molecule has 1 aliphatic rings. The Morgan fingerprint density at radius 1 is 1.33 bits per heavy atom. The highest BCUT2D eigenvalue weighted by atomic mass is 16.3. The number of aliphatic hydroxyl groups is 1. The van der Waals surface area contributed by atoms with Gasteiger partial charge in [-0.2, -0.15) is 4.98 Å². The van der Waals surface area contributed by atoms with E-state index in [1.54, 1.807) is 25.6 Å². The van der Waals surface area contributed by atoms with Crippen molar-refractivity contribution in [3.63, 3.8) is 0 Å². The molecule has 2 aromatic rings. The Morgan fingerprint density at radius 3 is 2.83 bits per heavy atom. The summed E-state index contributed by atoms with van der Waals surface area (Å²) in [5, 5.41) is 12.7. The first-order chi connectivity index (χ1) is 11.7. The zero-order valence-corrected chi connectivity index (χ0v) is 14.1. The third-order valence-electron chi connectivity index (χ3n) is 4.04. The zero-order valence-electron chi connectivity index (χ0n) is 14.1. The second-order valence-corrected chi connectivity index (χ2v) is 5.98. The number of β-amino-alcohol motifs (C(OH)–C–C–N with tert-alkyl or cyclic N) is 1. The van der Waals surface area contributed by atoms with Crippen molar-refractivity contribution in [3.05, 3.63) is 30.2 Å². The Balaban J connectivity index is 1.70. The van der Waals surface area contributed by atoms with E-state index in [2.05, 4.69) is 30.2 Å². The van der Waals surface area contributed by atoms with E-state index in [0.29, 0.717) is 25.0 Å². The molecule has 0 bridgehead atoms. The molecule has 0 radical (unpaired) electrons. The summed E-state index contributed by atoms with van der Waals surface area (Å²) in [4.78, 5) is 21.5. The van der Waals surface area contributed by atoms with Crippen molar-refractivity contribution in [2.24, 2.45) is 0 Å². The number of hydrogen-bond donors (Lipinski definition) is 2. The van der Waals surface area contributed by atoms with Crippen LogP contribution in [0.1, 0.15) is 18.4 Å². The van der Waals surface area contributed by atoms with Crippen molar-refractivity contribution >= 4 is 17.7 Å². The molecule has 2 aromatic heterocycles. The van der Waals surface area contributed by atoms with Crippen LogP contribution < -0.4 is 15.1 Å². The maximum absolute atomic E-state index is 9.84. The summed E-state index contributed by atoms with van der Waals surface area (Å²) in [6.45, 7) is 2.16. The summed E-state index contributed by atoms with van der Waals surface area (Å²) < 4.78 is 0. The van der Waals surface area contributed by atoms with Crippen LogP contribution in [0.15, 0.2) is 24.7 Å². The van der Waals surface area contributed by atoms with Gasteiger partial charge in [0.15, 0.2) is 0 Å². The summed E-state index contributed by atoms with van der Waals surface area (Å²) in [5.74, 6) is 2.10. The van der Waals surface area contributed by atoms with Gasteiger partial charge in [-0.3, -0.25) is 0 Å². The van der Waals surface area contributed by atoms with Gasteiger partial charge in [0, 0.05) is 57.9 Å². The van der Waals surface area contributed by atoms with Crippen LogP contribution in [-0.4, -0.2) is 58.3 Å². The Kier molecular flexibility index (Phi) is 5.05. The van der Waals surface area contributed by atoms with Crippen molar-refractivity contribution in [3.8, 4) is 0 Å². The number of piperidine rings is 1. The first-order valence-electron chi connectivity index (χ1n) is 8.11. The minimum atomic E-state index is -0.280. The molecular formula is C16H23N7O. The van der Waals surface area contributed by atoms with E-state index in [1.165, 1.54) is 0 Å². The molecule has 0 amide bonds. The standard InChI is InChI=1S/C16H23N7O/c1-17-15-19-8-12(9-20-15)10-22(2)16-18-6-5-14(21-16)23-7-3-4-13(24)11-23/h5-6,8-9,13,24H,3-4,7,10-11H2,1-2H3,(H,17,19,20)/t13-/m0/s1. The van der Waals surface area contributed by atoms with Gasteiger partial charge in [-0.05, 0) is 18.9 Å². The lowest BCUT2D eigenvalue weighted by atomic mass is 10.1. The smallest absolute Gasteiger partial charge is 0.227 e. The molecule has 0 aromatic carbocycles. The molecular weight excluding hydrogens is 306 g/mol. The zero-order chi connectivity index (χ0) is 16.9. The lowest BCUT2D eigenvalue weighted by Crippen LogP contribution is -2.38. The van der Waals surface area contributed by atoms with Gasteiger partial charge in [0.1, 0.15) is 5.82 Å². The molecule has 8 heteroatoms. The highest BCUT2D eigenvalue weighted by molar-refractivity contribution is 5.44. The molecule has 0 saturated carbocycles. The van der Waals surface area contributed by atoms with Crippen LogP contribution in [0.2, 0.25) is 0 Å². The van der Waals surface area contributed by atoms with Crippen LogP contribution in [0.4, 0.5) is 17.7 Å². The minimum Gasteiger partial charge on any atom is -0.391 e. The van der Waals surface area contributed by atoms with Gasteiger partial charge >= 0.3 is 0 Å². The average Bonchev–Trinajstić information content (AvgIpc) is 2.62. The van der Waals surface area contributed by atoms with Crippen LogP contribution in [0.5, 0.6) is 0 Å². The van der Waals surface area contributed by atoms with Crippen molar-refractivity contribution in [1.82, 2.24) is 19.9 Å². The molecule has 1 aliphatic heterocycles. The van der Waals surface area contributed by atoms with Crippen LogP contribution in [-0.2, 0) is 6.54 Å². The van der Waals surface area contributed by atoms with Gasteiger partial charge in [-0.1, -0.05) is 0 Å². The highest BCUT2D eigenvalue weighted by Crippen LogP contribution is 2.20. The fourth-order valence-corrected chi connectivity index (χ4v) is 2.77. The molecule has 1 atom stereocenters. The Bertz CT molecular complexity index is 664. The van der Waals surface area contributed by atoms with Gasteiger partial charge in [0.2, 0.25) is 11.9 Å². The van der Waals surface area contributed by atoms with Gasteiger partial charge in [-0.15, -0.1) is 0 Å². The van der Waals surface area contributed by atoms with Gasteiger partial charge in [0.25, 0.3) is 0 Å². The van der Waals surface area contributed by atoms with E-state index in [-0.39, 0.29) is 6.10 Å². The van der Waals surface area contributed by atoms with Crippen molar-refractivity contribution < 1.29 is 5.11 Å². The molecule has 1 saturated heterocycles. The first kappa shape index (κ1) is 16.4. The van der Waals surface area contributed by atoms with E-state index in [1.807, 2.05) is 18.0 Å². The van der Waals surface area contributed by atoms with E-state index >= 15 is 0 Å². The predicted octanol–water partition coefficient (Wildman–Crippen LogP) is 0.906. The van der Waals surface area contributed by atoms with E-state index < -0.39 is 0 Å². The van der Waals surface area contributed by atoms with Crippen LogP contribution in [0, 0.1) is 0 Å². The number of hydrogen-bond acceptors (Lipinski definition) is 8. The van der Waals surface area contributed by atoms with E-state index in [9.17, 15) is 5.11 Å². The SMILES string of the molecule is CNc1ncc(CN(C)c2nccc(N3CCC[C@H](O)C3)n2)cn1. The maximum atomic E-state index is 9.84. The first-order valence-corrected chi connectivity index (χ1v) is 8.11. The number of aliphatic hydroxyl groups excluding tert-OH is 1. The summed E-state index contributed by atoms with van der Waals surface area (Å²) in [6.07, 6.45) is 6.90. The van der Waals surface area contributed by atoms with Gasteiger partial charge in [-0.25, -0.2) is 15.0 Å². The second-order valence-electron chi connectivity index (χ2n) is 5.98. The van der Waals surface area contributed by atoms with Crippen LogP contribution >= 0.6 is 0 Å². The summed E-state index contributed by atoms with van der Waals surface area (Å²) in [6, 6.07) is 1.89. The summed E-state index contributed by atoms with van der Waals surface area (Å²) in [5.41, 5.74) is 0.985. The van der Waals surface area contributed by atoms with Gasteiger partial charge in [0.05, 0.1) is 6.10 Å². The number of nitrogens with zero attached hydrogens (tertiary/aromatic N) is 6. The van der Waals surface area contributed by atoms with Crippen LogP contribution in [0.25, 0.3) is 0 Å². The second kappa shape index (κ2) is 7.39. The lowest BCUT2D eigenvalue weighted by molar-refractivity contribution is 0.154. The fourth-order valence-electron chi connectivity index (χ4n) is 2.77. The maximum Gasteiger partial charge on any atom is 0.227 e. The third kappa shape index (κ3) is 3.88. The largest absolute Gasteiger partial charge is 0.391 e. The number of nitrogens with one attached hydrogen (secondary N) is 1. The van der Waals surface area contributed by atoms with E-state index in [4.69, 9.17) is 0 Å². The summed E-state index contributed by atoms with van der Waals surface area (Å²) in [7, 11) is 3.73. The molecule has 0 unspecified atom stereocenters.